The molecule has 0 saturated carbocycles. The van der Waals surface area contributed by atoms with Gasteiger partial charge in [0.15, 0.2) is 0 Å². The minimum atomic E-state index is -3.49. The highest BCUT2D eigenvalue weighted by molar-refractivity contribution is 7.89. The maximum atomic E-state index is 13.1. The number of hydrogen-bond acceptors (Lipinski definition) is 6. The van der Waals surface area contributed by atoms with Gasteiger partial charge in [-0.3, -0.25) is 4.90 Å². The van der Waals surface area contributed by atoms with E-state index in [1.54, 1.807) is 10.4 Å². The zero-order chi connectivity index (χ0) is 21.3. The molecule has 7 nitrogen and oxygen atoms in total. The van der Waals surface area contributed by atoms with Crippen molar-refractivity contribution in [1.29, 1.82) is 0 Å². The molecule has 31 heavy (non-hydrogen) atoms. The summed E-state index contributed by atoms with van der Waals surface area (Å²) < 4.78 is 33.3. The van der Waals surface area contributed by atoms with Gasteiger partial charge in [-0.2, -0.15) is 4.31 Å². The van der Waals surface area contributed by atoms with E-state index < -0.39 is 10.0 Å². The molecule has 5 rings (SSSR count). The van der Waals surface area contributed by atoms with E-state index in [-0.39, 0.29) is 5.41 Å². The Morgan fingerprint density at radius 3 is 2.29 bits per heavy atom. The van der Waals surface area contributed by atoms with Crippen LogP contribution in [0.3, 0.4) is 0 Å². The Balaban J connectivity index is 1.16. The van der Waals surface area contributed by atoms with Crippen LogP contribution < -0.4 is 4.90 Å². The summed E-state index contributed by atoms with van der Waals surface area (Å²) >= 11 is 0. The predicted octanol–water partition coefficient (Wildman–Crippen LogP) is 2.20. The Labute approximate surface area is 184 Å². The first-order valence-electron chi connectivity index (χ1n) is 11.1. The molecule has 1 aromatic heterocycles. The molecule has 0 atom stereocenters. The van der Waals surface area contributed by atoms with Gasteiger partial charge in [-0.15, -0.1) is 0 Å². The molecule has 1 spiro atoms. The van der Waals surface area contributed by atoms with Gasteiger partial charge in [-0.1, -0.05) is 30.3 Å². The van der Waals surface area contributed by atoms with Gasteiger partial charge >= 0.3 is 0 Å². The largest absolute Gasteiger partial charge is 0.378 e. The molecule has 3 aliphatic rings. The fourth-order valence-electron chi connectivity index (χ4n) is 5.03. The summed E-state index contributed by atoms with van der Waals surface area (Å²) in [5, 5.41) is 0. The second-order valence-electron chi connectivity index (χ2n) is 8.99. The van der Waals surface area contributed by atoms with Crippen molar-refractivity contribution in [2.24, 2.45) is 5.41 Å². The number of rotatable bonds is 5. The molecule has 0 bridgehead atoms. The molecule has 0 radical (unpaired) electrons. The fourth-order valence-corrected chi connectivity index (χ4v) is 6.41. The van der Waals surface area contributed by atoms with Gasteiger partial charge in [0.2, 0.25) is 10.0 Å². The second-order valence-corrected chi connectivity index (χ2v) is 10.9. The van der Waals surface area contributed by atoms with Gasteiger partial charge in [0.1, 0.15) is 10.7 Å². The second kappa shape index (κ2) is 8.50. The molecule has 0 unspecified atom stereocenters. The minimum Gasteiger partial charge on any atom is -0.378 e. The minimum absolute atomic E-state index is 0.277. The number of anilines is 1. The molecule has 0 amide bonds. The molecular formula is C23H30N4O3S. The highest BCUT2D eigenvalue weighted by Crippen LogP contribution is 2.42. The molecule has 8 heteroatoms. The molecular weight excluding hydrogens is 412 g/mol. The van der Waals surface area contributed by atoms with Crippen molar-refractivity contribution in [2.45, 2.75) is 24.3 Å². The summed E-state index contributed by atoms with van der Waals surface area (Å²) in [6, 6.07) is 14.0. The highest BCUT2D eigenvalue weighted by Gasteiger charge is 2.46. The van der Waals surface area contributed by atoms with Crippen LogP contribution in [0.2, 0.25) is 0 Å². The van der Waals surface area contributed by atoms with Crippen molar-refractivity contribution in [2.75, 3.05) is 57.4 Å². The SMILES string of the molecule is O=S(=O)(c1ccc(N2CCOCC2)nc1)N1CCC2(CC1)CN(Cc1ccccc1)C2. The zero-order valence-electron chi connectivity index (χ0n) is 17.8. The smallest absolute Gasteiger partial charge is 0.244 e. The van der Waals surface area contributed by atoms with E-state index >= 15 is 0 Å². The topological polar surface area (TPSA) is 66.0 Å². The third kappa shape index (κ3) is 4.35. The summed E-state index contributed by atoms with van der Waals surface area (Å²) in [7, 11) is -3.49. The van der Waals surface area contributed by atoms with E-state index in [1.165, 1.54) is 11.8 Å². The molecule has 3 saturated heterocycles. The Bertz CT molecular complexity index is 975. The van der Waals surface area contributed by atoms with E-state index in [2.05, 4.69) is 39.0 Å². The van der Waals surface area contributed by atoms with E-state index in [9.17, 15) is 8.42 Å². The van der Waals surface area contributed by atoms with Crippen molar-refractivity contribution in [1.82, 2.24) is 14.2 Å². The molecule has 4 heterocycles. The van der Waals surface area contributed by atoms with Crippen molar-refractivity contribution >= 4 is 15.8 Å². The normalized spacial score (nSPS) is 22.4. The Morgan fingerprint density at radius 2 is 1.65 bits per heavy atom. The number of benzene rings is 1. The Hall–Kier alpha value is -2.00. The van der Waals surface area contributed by atoms with Crippen molar-refractivity contribution in [3.05, 3.63) is 54.2 Å². The highest BCUT2D eigenvalue weighted by atomic mass is 32.2. The van der Waals surface area contributed by atoms with Crippen LogP contribution in [0.1, 0.15) is 18.4 Å². The average Bonchev–Trinajstić information content (AvgIpc) is 2.80. The average molecular weight is 443 g/mol. The monoisotopic (exact) mass is 442 g/mol. The lowest BCUT2D eigenvalue weighted by molar-refractivity contribution is -0.0394. The first-order chi connectivity index (χ1) is 15.0. The van der Waals surface area contributed by atoms with Crippen LogP contribution >= 0.6 is 0 Å². The lowest BCUT2D eigenvalue weighted by Gasteiger charge is -2.54. The van der Waals surface area contributed by atoms with Gasteiger partial charge in [0.05, 0.1) is 13.2 Å². The molecule has 0 N–H and O–H groups in total. The fraction of sp³-hybridized carbons (Fsp3) is 0.522. The van der Waals surface area contributed by atoms with Crippen LogP contribution in [0.5, 0.6) is 0 Å². The number of piperidine rings is 1. The third-order valence-corrected chi connectivity index (χ3v) is 8.73. The van der Waals surface area contributed by atoms with Crippen LogP contribution in [0.25, 0.3) is 0 Å². The van der Waals surface area contributed by atoms with Gasteiger partial charge in [-0.05, 0) is 36.0 Å². The number of sulfonamides is 1. The van der Waals surface area contributed by atoms with Crippen LogP contribution in [0, 0.1) is 5.41 Å². The summed E-state index contributed by atoms with van der Waals surface area (Å²) in [5.74, 6) is 0.813. The van der Waals surface area contributed by atoms with Gasteiger partial charge in [-0.25, -0.2) is 13.4 Å². The number of hydrogen-bond donors (Lipinski definition) is 0. The van der Waals surface area contributed by atoms with Crippen molar-refractivity contribution in [3.63, 3.8) is 0 Å². The first-order valence-corrected chi connectivity index (χ1v) is 12.5. The molecule has 2 aromatic rings. The summed E-state index contributed by atoms with van der Waals surface area (Å²) in [6.45, 7) is 7.21. The predicted molar refractivity (Wildman–Crippen MR) is 119 cm³/mol. The number of pyridine rings is 1. The van der Waals surface area contributed by atoms with Crippen LogP contribution in [0.4, 0.5) is 5.82 Å². The summed E-state index contributed by atoms with van der Waals surface area (Å²) in [4.78, 5) is 9.31. The lowest BCUT2D eigenvalue weighted by Crippen LogP contribution is -2.60. The number of morpholine rings is 1. The van der Waals surface area contributed by atoms with E-state index in [0.717, 1.165) is 51.4 Å². The molecule has 3 fully saturated rings. The summed E-state index contributed by atoms with van der Waals surface area (Å²) in [5.41, 5.74) is 1.62. The molecule has 0 aliphatic carbocycles. The third-order valence-electron chi connectivity index (χ3n) is 6.84. The van der Waals surface area contributed by atoms with E-state index in [0.29, 0.717) is 31.2 Å². The van der Waals surface area contributed by atoms with Gasteiger partial charge < -0.3 is 9.64 Å². The summed E-state index contributed by atoms with van der Waals surface area (Å²) in [6.07, 6.45) is 3.36. The maximum Gasteiger partial charge on any atom is 0.244 e. The van der Waals surface area contributed by atoms with E-state index in [1.807, 2.05) is 12.1 Å². The quantitative estimate of drug-likeness (QED) is 0.707. The number of aromatic nitrogens is 1. The van der Waals surface area contributed by atoms with Crippen LogP contribution in [-0.4, -0.2) is 75.1 Å². The number of ether oxygens (including phenoxy) is 1. The van der Waals surface area contributed by atoms with Crippen LogP contribution in [-0.2, 0) is 21.3 Å². The van der Waals surface area contributed by atoms with Crippen molar-refractivity contribution < 1.29 is 13.2 Å². The van der Waals surface area contributed by atoms with Gasteiger partial charge in [0, 0.05) is 52.0 Å². The van der Waals surface area contributed by atoms with E-state index in [4.69, 9.17) is 4.74 Å². The maximum absolute atomic E-state index is 13.1. The number of likely N-dealkylation sites (tertiary alicyclic amines) is 1. The van der Waals surface area contributed by atoms with Crippen molar-refractivity contribution in [3.8, 4) is 0 Å². The van der Waals surface area contributed by atoms with Crippen LogP contribution in [0.15, 0.2) is 53.6 Å². The zero-order valence-corrected chi connectivity index (χ0v) is 18.6. The molecule has 3 aliphatic heterocycles. The standard InChI is InChI=1S/C23H30N4O3S/c28-31(29,21-6-7-22(24-16-21)26-12-14-30-15-13-26)27-10-8-23(9-11-27)18-25(19-23)17-20-4-2-1-3-5-20/h1-7,16H,8-15,17-19H2. The first kappa shape index (κ1) is 20.9. The number of nitrogens with zero attached hydrogens (tertiary/aromatic N) is 4. The molecule has 166 valence electrons. The molecule has 1 aromatic carbocycles. The van der Waals surface area contributed by atoms with Gasteiger partial charge in [0.25, 0.3) is 0 Å². The Kier molecular flexibility index (Phi) is 5.73. The Morgan fingerprint density at radius 1 is 0.935 bits per heavy atom. The lowest BCUT2D eigenvalue weighted by atomic mass is 9.72.